The summed E-state index contributed by atoms with van der Waals surface area (Å²) in [4.78, 5) is 26.6. The normalized spacial score (nSPS) is 35.0. The van der Waals surface area contributed by atoms with Crippen LogP contribution in [0.3, 0.4) is 0 Å². The van der Waals surface area contributed by atoms with Crippen molar-refractivity contribution in [1.82, 2.24) is 4.90 Å². The topological polar surface area (TPSA) is 55.8 Å². The Morgan fingerprint density at radius 2 is 2.18 bits per heavy atom. The number of likely N-dealkylation sites (tertiary alicyclic amines) is 1. The summed E-state index contributed by atoms with van der Waals surface area (Å²) in [5.41, 5.74) is 0.412. The molecule has 22 heavy (non-hydrogen) atoms. The first kappa shape index (κ1) is 13.5. The number of carbonyl (C=O) groups excluding carboxylic acids is 2. The molecule has 4 rings (SSSR count). The predicted octanol–water partition coefficient (Wildman–Crippen LogP) is 1.14. The van der Waals surface area contributed by atoms with Crippen molar-refractivity contribution in [3.05, 3.63) is 48.0 Å². The van der Waals surface area contributed by atoms with Crippen molar-refractivity contribution >= 4 is 11.9 Å². The van der Waals surface area contributed by atoms with Crippen molar-refractivity contribution in [2.24, 2.45) is 11.8 Å². The SMILES string of the molecule is COC(=O)[C@@H]1[C@H]2C(=O)N(Cc3ccccc3)C[C@]23C=C[C@H]1O3. The summed E-state index contributed by atoms with van der Waals surface area (Å²) in [6.45, 7) is 1.03. The highest BCUT2D eigenvalue weighted by Gasteiger charge is 2.67. The van der Waals surface area contributed by atoms with E-state index in [9.17, 15) is 9.59 Å². The molecule has 2 bridgehead atoms. The van der Waals surface area contributed by atoms with Crippen LogP contribution in [0.4, 0.5) is 0 Å². The zero-order valence-corrected chi connectivity index (χ0v) is 12.3. The van der Waals surface area contributed by atoms with E-state index in [2.05, 4.69) is 0 Å². The summed E-state index contributed by atoms with van der Waals surface area (Å²) in [6, 6.07) is 9.84. The van der Waals surface area contributed by atoms with E-state index >= 15 is 0 Å². The number of amides is 1. The van der Waals surface area contributed by atoms with Crippen LogP contribution >= 0.6 is 0 Å². The average Bonchev–Trinajstić information content (AvgIpc) is 3.16. The van der Waals surface area contributed by atoms with Gasteiger partial charge >= 0.3 is 5.97 Å². The first-order chi connectivity index (χ1) is 10.6. The average molecular weight is 299 g/mol. The number of hydrogen-bond donors (Lipinski definition) is 0. The van der Waals surface area contributed by atoms with Crippen LogP contribution in [-0.2, 0) is 25.6 Å². The summed E-state index contributed by atoms with van der Waals surface area (Å²) in [5, 5.41) is 0. The first-order valence-electron chi connectivity index (χ1n) is 7.42. The second-order valence-corrected chi connectivity index (χ2v) is 6.10. The molecule has 3 heterocycles. The standard InChI is InChI=1S/C17H17NO4/c1-21-16(20)13-12-7-8-17(22-12)10-18(15(19)14(13)17)9-11-5-3-2-4-6-11/h2-8,12-14H,9-10H2,1H3/t12-,13+,14+,17-/m1/s1. The van der Waals surface area contributed by atoms with Crippen LogP contribution in [0.5, 0.6) is 0 Å². The number of nitrogens with zero attached hydrogens (tertiary/aromatic N) is 1. The Morgan fingerprint density at radius 1 is 1.41 bits per heavy atom. The molecular formula is C17H17NO4. The van der Waals surface area contributed by atoms with Gasteiger partial charge in [0.25, 0.3) is 0 Å². The number of benzene rings is 1. The monoisotopic (exact) mass is 299 g/mol. The highest BCUT2D eigenvalue weighted by molar-refractivity contribution is 5.91. The van der Waals surface area contributed by atoms with Crippen LogP contribution in [0.15, 0.2) is 42.5 Å². The Hall–Kier alpha value is -2.14. The zero-order valence-electron chi connectivity index (χ0n) is 12.3. The molecule has 2 saturated heterocycles. The predicted molar refractivity (Wildman–Crippen MR) is 77.6 cm³/mol. The molecule has 0 aromatic heterocycles. The fourth-order valence-corrected chi connectivity index (χ4v) is 3.92. The molecule has 4 atom stereocenters. The number of esters is 1. The van der Waals surface area contributed by atoms with Crippen molar-refractivity contribution in [1.29, 1.82) is 0 Å². The summed E-state index contributed by atoms with van der Waals surface area (Å²) >= 11 is 0. The summed E-state index contributed by atoms with van der Waals surface area (Å²) < 4.78 is 10.9. The number of fused-ring (bicyclic) bond motifs is 1. The lowest BCUT2D eigenvalue weighted by molar-refractivity contribution is -0.151. The number of ether oxygens (including phenoxy) is 2. The number of hydrogen-bond acceptors (Lipinski definition) is 4. The quantitative estimate of drug-likeness (QED) is 0.620. The lowest BCUT2D eigenvalue weighted by Crippen LogP contribution is -2.39. The van der Waals surface area contributed by atoms with Gasteiger partial charge in [-0.3, -0.25) is 9.59 Å². The molecule has 5 nitrogen and oxygen atoms in total. The van der Waals surface area contributed by atoms with Crippen molar-refractivity contribution in [3.63, 3.8) is 0 Å². The van der Waals surface area contributed by atoms with Crippen molar-refractivity contribution in [2.45, 2.75) is 18.2 Å². The molecule has 3 aliphatic rings. The second-order valence-electron chi connectivity index (χ2n) is 6.10. The van der Waals surface area contributed by atoms with Gasteiger partial charge < -0.3 is 14.4 Å². The Morgan fingerprint density at radius 3 is 2.91 bits per heavy atom. The summed E-state index contributed by atoms with van der Waals surface area (Å²) in [6.07, 6.45) is 3.50. The van der Waals surface area contributed by atoms with Crippen LogP contribution in [0, 0.1) is 11.8 Å². The molecule has 0 radical (unpaired) electrons. The third-order valence-corrected chi connectivity index (χ3v) is 4.87. The van der Waals surface area contributed by atoms with E-state index in [1.807, 2.05) is 42.5 Å². The van der Waals surface area contributed by atoms with E-state index in [0.717, 1.165) is 5.56 Å². The summed E-state index contributed by atoms with van der Waals surface area (Å²) in [5.74, 6) is -1.37. The largest absolute Gasteiger partial charge is 0.469 e. The third-order valence-electron chi connectivity index (χ3n) is 4.87. The van der Waals surface area contributed by atoms with Gasteiger partial charge in [-0.05, 0) is 5.56 Å². The molecule has 1 spiro atoms. The minimum atomic E-state index is -0.657. The Balaban J connectivity index is 1.62. The maximum absolute atomic E-state index is 12.8. The summed E-state index contributed by atoms with van der Waals surface area (Å²) in [7, 11) is 1.35. The van der Waals surface area contributed by atoms with Crippen LogP contribution in [0.1, 0.15) is 5.56 Å². The van der Waals surface area contributed by atoms with Gasteiger partial charge in [-0.2, -0.15) is 0 Å². The van der Waals surface area contributed by atoms with E-state index in [0.29, 0.717) is 13.1 Å². The molecule has 0 saturated carbocycles. The van der Waals surface area contributed by atoms with E-state index in [-0.39, 0.29) is 18.0 Å². The van der Waals surface area contributed by atoms with Crippen LogP contribution < -0.4 is 0 Å². The zero-order chi connectivity index (χ0) is 15.3. The van der Waals surface area contributed by atoms with Gasteiger partial charge in [-0.15, -0.1) is 0 Å². The van der Waals surface area contributed by atoms with Gasteiger partial charge in [0, 0.05) is 6.54 Å². The van der Waals surface area contributed by atoms with Crippen molar-refractivity contribution in [3.8, 4) is 0 Å². The molecule has 114 valence electrons. The van der Waals surface area contributed by atoms with Crippen LogP contribution in [0.2, 0.25) is 0 Å². The maximum atomic E-state index is 12.8. The molecule has 0 N–H and O–H groups in total. The molecule has 1 amide bonds. The fraction of sp³-hybridized carbons (Fsp3) is 0.412. The highest BCUT2D eigenvalue weighted by atomic mass is 16.5. The Labute approximate surface area is 128 Å². The lowest BCUT2D eigenvalue weighted by Gasteiger charge is -2.22. The van der Waals surface area contributed by atoms with Crippen molar-refractivity contribution < 1.29 is 19.1 Å². The van der Waals surface area contributed by atoms with Crippen molar-refractivity contribution in [2.75, 3.05) is 13.7 Å². The highest BCUT2D eigenvalue weighted by Crippen LogP contribution is 2.52. The van der Waals surface area contributed by atoms with E-state index in [1.165, 1.54) is 7.11 Å². The minimum absolute atomic E-state index is 0.0221. The van der Waals surface area contributed by atoms with E-state index in [4.69, 9.17) is 9.47 Å². The molecule has 0 aliphatic carbocycles. The number of rotatable bonds is 3. The Bertz CT molecular complexity index is 656. The molecular weight excluding hydrogens is 282 g/mol. The van der Waals surface area contributed by atoms with Gasteiger partial charge in [0.05, 0.1) is 25.7 Å². The number of carbonyl (C=O) groups is 2. The molecule has 1 aromatic rings. The fourth-order valence-electron chi connectivity index (χ4n) is 3.92. The smallest absolute Gasteiger partial charge is 0.312 e. The van der Waals surface area contributed by atoms with E-state index in [1.54, 1.807) is 4.90 Å². The molecule has 1 aromatic carbocycles. The molecule has 5 heteroatoms. The van der Waals surface area contributed by atoms with Crippen LogP contribution in [0.25, 0.3) is 0 Å². The first-order valence-corrected chi connectivity index (χ1v) is 7.42. The molecule has 2 fully saturated rings. The molecule has 3 aliphatic heterocycles. The Kier molecular flexibility index (Phi) is 2.87. The van der Waals surface area contributed by atoms with Crippen LogP contribution in [-0.4, -0.2) is 42.1 Å². The molecule has 0 unspecified atom stereocenters. The lowest BCUT2D eigenvalue weighted by atomic mass is 9.77. The van der Waals surface area contributed by atoms with E-state index < -0.39 is 17.4 Å². The van der Waals surface area contributed by atoms with Gasteiger partial charge in [0.1, 0.15) is 11.5 Å². The van der Waals surface area contributed by atoms with Gasteiger partial charge in [0.15, 0.2) is 0 Å². The van der Waals surface area contributed by atoms with Gasteiger partial charge in [-0.1, -0.05) is 42.5 Å². The number of methoxy groups -OCH3 is 1. The second kappa shape index (κ2) is 4.68. The third kappa shape index (κ3) is 1.75. The minimum Gasteiger partial charge on any atom is -0.469 e. The maximum Gasteiger partial charge on any atom is 0.312 e. The van der Waals surface area contributed by atoms with Gasteiger partial charge in [-0.25, -0.2) is 0 Å². The van der Waals surface area contributed by atoms with Gasteiger partial charge in [0.2, 0.25) is 5.91 Å².